The Morgan fingerprint density at radius 3 is 2.40 bits per heavy atom. The Bertz CT molecular complexity index is 663. The summed E-state index contributed by atoms with van der Waals surface area (Å²) in [6, 6.07) is 6.29. The van der Waals surface area contributed by atoms with Crippen molar-refractivity contribution in [1.82, 2.24) is 14.7 Å². The molecule has 7 nitrogen and oxygen atoms in total. The average Bonchev–Trinajstić information content (AvgIpc) is 3.03. The van der Waals surface area contributed by atoms with Crippen LogP contribution in [0, 0.1) is 0 Å². The Morgan fingerprint density at radius 1 is 1.20 bits per heavy atom. The molecule has 0 N–H and O–H groups in total. The fourth-order valence-corrected chi connectivity index (χ4v) is 2.24. The molecule has 0 bridgehead atoms. The highest BCUT2D eigenvalue weighted by Crippen LogP contribution is 2.22. The molecule has 0 saturated heterocycles. The van der Waals surface area contributed by atoms with E-state index in [4.69, 9.17) is 4.84 Å². The second kappa shape index (κ2) is 4.82. The van der Waals surface area contributed by atoms with Crippen LogP contribution in [0.1, 0.15) is 26.4 Å². The normalized spacial score (nSPS) is 13.5. The zero-order chi connectivity index (χ0) is 14.1. The lowest BCUT2D eigenvalue weighted by Crippen LogP contribution is -2.33. The molecule has 0 atom stereocenters. The van der Waals surface area contributed by atoms with E-state index in [1.165, 1.54) is 12.1 Å². The fraction of sp³-hybridized carbons (Fsp3) is 0.0833. The van der Waals surface area contributed by atoms with Gasteiger partial charge in [0.25, 0.3) is 11.8 Å². The van der Waals surface area contributed by atoms with Crippen LogP contribution in [0.2, 0.25) is 0 Å². The molecule has 0 saturated carbocycles. The minimum Gasteiger partial charge on any atom is -0.329 e. The molecule has 0 unspecified atom stereocenters. The second-order valence-electron chi connectivity index (χ2n) is 3.99. The van der Waals surface area contributed by atoms with Gasteiger partial charge in [-0.05, 0) is 23.7 Å². The van der Waals surface area contributed by atoms with Gasteiger partial charge in [-0.3, -0.25) is 9.59 Å². The number of fused-ring (bicyclic) bond motifs is 1. The van der Waals surface area contributed by atoms with Crippen molar-refractivity contribution in [2.75, 3.05) is 0 Å². The van der Waals surface area contributed by atoms with Crippen LogP contribution in [0.15, 0.2) is 29.6 Å². The fourth-order valence-electron chi connectivity index (χ4n) is 1.79. The summed E-state index contributed by atoms with van der Waals surface area (Å²) in [5, 5.41) is 5.75. The number of aromatic nitrogens is 2. The summed E-state index contributed by atoms with van der Waals surface area (Å²) in [4.78, 5) is 40.4. The van der Waals surface area contributed by atoms with Crippen molar-refractivity contribution in [2.45, 2.75) is 6.42 Å². The predicted octanol–water partition coefficient (Wildman–Crippen LogP) is 0.835. The molecule has 0 radical (unpaired) electrons. The molecule has 2 amide bonds. The summed E-state index contributed by atoms with van der Waals surface area (Å²) in [7, 11) is 0. The van der Waals surface area contributed by atoms with Crippen molar-refractivity contribution in [3.63, 3.8) is 0 Å². The monoisotopic (exact) mass is 289 g/mol. The molecule has 3 rings (SSSR count). The third-order valence-electron chi connectivity index (χ3n) is 2.68. The van der Waals surface area contributed by atoms with Crippen molar-refractivity contribution in [3.05, 3.63) is 46.5 Å². The van der Waals surface area contributed by atoms with E-state index in [0.29, 0.717) is 10.8 Å². The Balaban J connectivity index is 1.75. The molecule has 1 aromatic heterocycles. The summed E-state index contributed by atoms with van der Waals surface area (Å²) >= 11 is 1.10. The zero-order valence-corrected chi connectivity index (χ0v) is 10.8. The lowest BCUT2D eigenvalue weighted by molar-refractivity contribution is -0.167. The van der Waals surface area contributed by atoms with Crippen LogP contribution in [-0.4, -0.2) is 32.4 Å². The highest BCUT2D eigenvalue weighted by atomic mass is 32.1. The summed E-state index contributed by atoms with van der Waals surface area (Å²) < 4.78 is 3.61. The Hall–Kier alpha value is -2.61. The average molecular weight is 289 g/mol. The van der Waals surface area contributed by atoms with Gasteiger partial charge in [-0.15, -0.1) is 5.10 Å². The summed E-state index contributed by atoms with van der Waals surface area (Å²) in [6.45, 7) is 0. The van der Waals surface area contributed by atoms with Gasteiger partial charge in [0.15, 0.2) is 0 Å². The van der Waals surface area contributed by atoms with E-state index in [-0.39, 0.29) is 17.5 Å². The third-order valence-corrected chi connectivity index (χ3v) is 3.23. The Labute approximate surface area is 116 Å². The standard InChI is InChI=1S/C12H7N3O4S/c16-10(5-7-6-20-14-13-7)19-15-11(17)8-3-1-2-4-9(8)12(15)18/h1-4,6H,5H2. The topological polar surface area (TPSA) is 89.5 Å². The summed E-state index contributed by atoms with van der Waals surface area (Å²) in [5.41, 5.74) is 0.873. The SMILES string of the molecule is O=C(Cc1csnn1)ON1C(=O)c2ccccc2C1=O. The van der Waals surface area contributed by atoms with Gasteiger partial charge in [-0.1, -0.05) is 21.7 Å². The van der Waals surface area contributed by atoms with Crippen LogP contribution < -0.4 is 0 Å². The van der Waals surface area contributed by atoms with Gasteiger partial charge in [0.2, 0.25) is 0 Å². The molecule has 20 heavy (non-hydrogen) atoms. The molecule has 8 heteroatoms. The van der Waals surface area contributed by atoms with Crippen molar-refractivity contribution >= 4 is 29.3 Å². The first-order valence-corrected chi connectivity index (χ1v) is 6.45. The van der Waals surface area contributed by atoms with Crippen molar-refractivity contribution in [1.29, 1.82) is 0 Å². The molecule has 0 fully saturated rings. The van der Waals surface area contributed by atoms with Gasteiger partial charge < -0.3 is 4.84 Å². The van der Waals surface area contributed by atoms with Crippen LogP contribution in [0.5, 0.6) is 0 Å². The molecule has 2 aromatic rings. The van der Waals surface area contributed by atoms with E-state index in [0.717, 1.165) is 11.5 Å². The van der Waals surface area contributed by atoms with Crippen molar-refractivity contribution < 1.29 is 19.2 Å². The van der Waals surface area contributed by atoms with Crippen LogP contribution in [0.25, 0.3) is 0 Å². The molecule has 1 aromatic carbocycles. The number of benzene rings is 1. The molecule has 0 spiro atoms. The number of carbonyl (C=O) groups excluding carboxylic acids is 3. The van der Waals surface area contributed by atoms with Crippen LogP contribution in [0.3, 0.4) is 0 Å². The Kier molecular flexibility index (Phi) is 2.99. The van der Waals surface area contributed by atoms with E-state index < -0.39 is 17.8 Å². The first-order chi connectivity index (χ1) is 9.66. The number of hydrogen-bond acceptors (Lipinski definition) is 7. The van der Waals surface area contributed by atoms with Crippen LogP contribution >= 0.6 is 11.5 Å². The first-order valence-electron chi connectivity index (χ1n) is 5.61. The number of amides is 2. The largest absolute Gasteiger partial charge is 0.339 e. The van der Waals surface area contributed by atoms with Gasteiger partial charge >= 0.3 is 5.97 Å². The van der Waals surface area contributed by atoms with E-state index in [2.05, 4.69) is 9.59 Å². The van der Waals surface area contributed by atoms with E-state index >= 15 is 0 Å². The van der Waals surface area contributed by atoms with Crippen LogP contribution in [-0.2, 0) is 16.1 Å². The predicted molar refractivity (Wildman–Crippen MR) is 66.6 cm³/mol. The quantitative estimate of drug-likeness (QED) is 0.778. The molecule has 100 valence electrons. The second-order valence-corrected chi connectivity index (χ2v) is 4.60. The minimum absolute atomic E-state index is 0.149. The Morgan fingerprint density at radius 2 is 1.85 bits per heavy atom. The maximum atomic E-state index is 11.9. The maximum absolute atomic E-state index is 11.9. The van der Waals surface area contributed by atoms with Crippen molar-refractivity contribution in [2.24, 2.45) is 0 Å². The number of hydroxylamine groups is 2. The summed E-state index contributed by atoms with van der Waals surface area (Å²) in [5.74, 6) is -2.03. The van der Waals surface area contributed by atoms with Gasteiger partial charge in [0, 0.05) is 5.38 Å². The number of imide groups is 1. The smallest absolute Gasteiger partial charge is 0.329 e. The molecular formula is C12H7N3O4S. The van der Waals surface area contributed by atoms with E-state index in [9.17, 15) is 14.4 Å². The van der Waals surface area contributed by atoms with E-state index in [1.807, 2.05) is 0 Å². The zero-order valence-electron chi connectivity index (χ0n) is 9.98. The van der Waals surface area contributed by atoms with Crippen LogP contribution in [0.4, 0.5) is 0 Å². The third kappa shape index (κ3) is 2.05. The number of hydrogen-bond donors (Lipinski definition) is 0. The highest BCUT2D eigenvalue weighted by molar-refractivity contribution is 7.03. The number of nitrogens with zero attached hydrogens (tertiary/aromatic N) is 3. The van der Waals surface area contributed by atoms with Gasteiger partial charge in [-0.2, -0.15) is 0 Å². The van der Waals surface area contributed by atoms with Gasteiger partial charge in [0.1, 0.15) is 0 Å². The van der Waals surface area contributed by atoms with Crippen molar-refractivity contribution in [3.8, 4) is 0 Å². The lowest BCUT2D eigenvalue weighted by Gasteiger charge is -2.11. The molecule has 0 aliphatic carbocycles. The molecular weight excluding hydrogens is 282 g/mol. The summed E-state index contributed by atoms with van der Waals surface area (Å²) in [6.07, 6.45) is -0.149. The van der Waals surface area contributed by atoms with Gasteiger partial charge in [-0.25, -0.2) is 4.79 Å². The molecule has 1 aliphatic rings. The highest BCUT2D eigenvalue weighted by Gasteiger charge is 2.38. The molecule has 2 heterocycles. The number of carbonyl (C=O) groups is 3. The number of rotatable bonds is 3. The lowest BCUT2D eigenvalue weighted by atomic mass is 10.1. The molecule has 1 aliphatic heterocycles. The maximum Gasteiger partial charge on any atom is 0.339 e. The van der Waals surface area contributed by atoms with E-state index in [1.54, 1.807) is 17.5 Å². The minimum atomic E-state index is -0.743. The van der Waals surface area contributed by atoms with Gasteiger partial charge in [0.05, 0.1) is 23.2 Å². The first kappa shape index (κ1) is 12.4.